The molecule has 1 N–H and O–H groups in total. The van der Waals surface area contributed by atoms with Crippen LogP contribution >= 0.6 is 15.9 Å². The molecule has 106 valence electrons. The van der Waals surface area contributed by atoms with Gasteiger partial charge in [-0.2, -0.15) is 0 Å². The molecule has 1 aromatic rings. The largest absolute Gasteiger partial charge is 0.488 e. The Kier molecular flexibility index (Phi) is 3.81. The van der Waals surface area contributed by atoms with Crippen molar-refractivity contribution in [3.05, 3.63) is 33.8 Å². The van der Waals surface area contributed by atoms with Crippen molar-refractivity contribution < 1.29 is 9.53 Å². The lowest BCUT2D eigenvalue weighted by atomic mass is 10.1. The van der Waals surface area contributed by atoms with Crippen LogP contribution in [0.5, 0.6) is 5.75 Å². The van der Waals surface area contributed by atoms with Gasteiger partial charge in [-0.25, -0.2) is 0 Å². The molecule has 5 heteroatoms. The number of nitrogens with one attached hydrogen (secondary N) is 1. The number of nitrogens with zero attached hydrogens (tertiary/aromatic N) is 1. The van der Waals surface area contributed by atoms with Crippen LogP contribution < -0.4 is 10.1 Å². The fourth-order valence-corrected chi connectivity index (χ4v) is 2.98. The molecule has 0 saturated carbocycles. The molecule has 0 bridgehead atoms. The summed E-state index contributed by atoms with van der Waals surface area (Å²) in [4.78, 5) is 14.5. The van der Waals surface area contributed by atoms with Gasteiger partial charge in [-0.1, -0.05) is 15.9 Å². The van der Waals surface area contributed by atoms with E-state index in [0.29, 0.717) is 6.61 Å². The Morgan fingerprint density at radius 2 is 2.35 bits per heavy atom. The number of piperazine rings is 1. The number of hydrogen-bond donors (Lipinski definition) is 1. The molecule has 0 radical (unpaired) electrons. The third kappa shape index (κ3) is 2.60. The van der Waals surface area contributed by atoms with E-state index in [1.165, 1.54) is 0 Å². The molecule has 0 aromatic heterocycles. The highest BCUT2D eigenvalue weighted by Crippen LogP contribution is 2.29. The lowest BCUT2D eigenvalue weighted by molar-refractivity contribution is -0.130. The number of amides is 1. The number of hydrogen-bond acceptors (Lipinski definition) is 3. The molecule has 0 aliphatic carbocycles. The summed E-state index contributed by atoms with van der Waals surface area (Å²) in [5, 5.41) is 3.29. The van der Waals surface area contributed by atoms with Gasteiger partial charge < -0.3 is 15.0 Å². The minimum atomic E-state index is 0.0876. The van der Waals surface area contributed by atoms with Crippen LogP contribution in [-0.2, 0) is 4.79 Å². The number of fused-ring (bicyclic) bond motifs is 1. The molecule has 1 saturated heterocycles. The van der Waals surface area contributed by atoms with E-state index in [4.69, 9.17) is 4.74 Å². The molecule has 1 atom stereocenters. The topological polar surface area (TPSA) is 41.6 Å². The lowest BCUT2D eigenvalue weighted by Gasteiger charge is -2.35. The molecule has 2 aliphatic rings. The lowest BCUT2D eigenvalue weighted by Crippen LogP contribution is -2.53. The number of rotatable bonds is 1. The normalized spacial score (nSPS) is 21.8. The predicted octanol–water partition coefficient (Wildman–Crippen LogP) is 2.05. The summed E-state index contributed by atoms with van der Waals surface area (Å²) in [5.74, 6) is 0.919. The smallest absolute Gasteiger partial charge is 0.253 e. The Hall–Kier alpha value is -1.33. The van der Waals surface area contributed by atoms with Crippen LogP contribution in [0.1, 0.15) is 12.5 Å². The van der Waals surface area contributed by atoms with Gasteiger partial charge in [0.25, 0.3) is 5.91 Å². The maximum Gasteiger partial charge on any atom is 0.253 e. The van der Waals surface area contributed by atoms with Gasteiger partial charge in [-0.15, -0.1) is 0 Å². The third-order valence-electron chi connectivity index (χ3n) is 3.72. The van der Waals surface area contributed by atoms with E-state index in [1.807, 2.05) is 29.2 Å². The highest BCUT2D eigenvalue weighted by Gasteiger charge is 2.27. The van der Waals surface area contributed by atoms with Gasteiger partial charge >= 0.3 is 0 Å². The number of carbonyl (C=O) groups excluding carboxylic acids is 1. The minimum absolute atomic E-state index is 0.0876. The summed E-state index contributed by atoms with van der Waals surface area (Å²) in [6.45, 7) is 4.87. The zero-order chi connectivity index (χ0) is 14.1. The quantitative estimate of drug-likeness (QED) is 0.853. The van der Waals surface area contributed by atoms with Gasteiger partial charge in [0.15, 0.2) is 0 Å². The van der Waals surface area contributed by atoms with Crippen LogP contribution in [0.3, 0.4) is 0 Å². The second-order valence-corrected chi connectivity index (χ2v) is 6.11. The Morgan fingerprint density at radius 3 is 3.15 bits per heavy atom. The van der Waals surface area contributed by atoms with Gasteiger partial charge in [0.1, 0.15) is 12.4 Å². The fraction of sp³-hybridized carbons (Fsp3) is 0.400. The van der Waals surface area contributed by atoms with Crippen molar-refractivity contribution in [2.45, 2.75) is 13.0 Å². The zero-order valence-corrected chi connectivity index (χ0v) is 12.9. The van der Waals surface area contributed by atoms with Crippen molar-refractivity contribution >= 4 is 27.9 Å². The molecule has 2 heterocycles. The van der Waals surface area contributed by atoms with Crippen molar-refractivity contribution in [3.8, 4) is 5.75 Å². The van der Waals surface area contributed by atoms with E-state index in [2.05, 4.69) is 28.2 Å². The molecular weight excluding hydrogens is 320 g/mol. The average molecular weight is 337 g/mol. The highest BCUT2D eigenvalue weighted by atomic mass is 79.9. The van der Waals surface area contributed by atoms with Gasteiger partial charge in [0.2, 0.25) is 0 Å². The molecule has 0 unspecified atom stereocenters. The third-order valence-corrected chi connectivity index (χ3v) is 4.21. The summed E-state index contributed by atoms with van der Waals surface area (Å²) in [7, 11) is 0. The van der Waals surface area contributed by atoms with Crippen molar-refractivity contribution in [1.82, 2.24) is 10.2 Å². The van der Waals surface area contributed by atoms with Crippen LogP contribution in [0.2, 0.25) is 0 Å². The maximum absolute atomic E-state index is 12.6. The van der Waals surface area contributed by atoms with Crippen molar-refractivity contribution in [2.75, 3.05) is 26.2 Å². The average Bonchev–Trinajstić information content (AvgIpc) is 2.46. The summed E-state index contributed by atoms with van der Waals surface area (Å²) in [6, 6.07) is 6.06. The molecule has 4 nitrogen and oxygen atoms in total. The number of halogens is 1. The summed E-state index contributed by atoms with van der Waals surface area (Å²) in [5.41, 5.74) is 1.68. The summed E-state index contributed by atoms with van der Waals surface area (Å²) >= 11 is 3.45. The van der Waals surface area contributed by atoms with Crippen molar-refractivity contribution in [2.24, 2.45) is 0 Å². The van der Waals surface area contributed by atoms with Crippen LogP contribution in [-0.4, -0.2) is 43.1 Å². The first-order chi connectivity index (χ1) is 9.65. The van der Waals surface area contributed by atoms with Gasteiger partial charge in [-0.3, -0.25) is 4.79 Å². The number of ether oxygens (including phenoxy) is 1. The van der Waals surface area contributed by atoms with Crippen LogP contribution in [0.15, 0.2) is 28.2 Å². The molecule has 3 rings (SSSR count). The Bertz CT molecular complexity index is 571. The Morgan fingerprint density at radius 1 is 1.50 bits per heavy atom. The second-order valence-electron chi connectivity index (χ2n) is 5.19. The SMILES string of the molecule is C[C@@H]1CNCCN1C(=O)C1=Cc2cc(Br)ccc2OC1. The predicted molar refractivity (Wildman–Crippen MR) is 81.7 cm³/mol. The zero-order valence-electron chi connectivity index (χ0n) is 11.4. The van der Waals surface area contributed by atoms with Gasteiger partial charge in [-0.05, 0) is 31.2 Å². The molecule has 1 amide bonds. The first kappa shape index (κ1) is 13.6. The minimum Gasteiger partial charge on any atom is -0.488 e. The summed E-state index contributed by atoms with van der Waals surface area (Å²) in [6.07, 6.45) is 1.95. The standard InChI is InChI=1S/C15H17BrN2O2/c1-10-8-17-4-5-18(10)15(19)12-6-11-7-13(16)2-3-14(11)20-9-12/h2-3,6-7,10,17H,4-5,8-9H2,1H3/t10-/m1/s1. The molecule has 0 spiro atoms. The van der Waals surface area contributed by atoms with Crippen LogP contribution in [0.4, 0.5) is 0 Å². The monoisotopic (exact) mass is 336 g/mol. The van der Waals surface area contributed by atoms with Crippen molar-refractivity contribution in [1.29, 1.82) is 0 Å². The van der Waals surface area contributed by atoms with Crippen molar-refractivity contribution in [3.63, 3.8) is 0 Å². The van der Waals surface area contributed by atoms with Gasteiger partial charge in [0, 0.05) is 35.7 Å². The second kappa shape index (κ2) is 5.58. The molecule has 20 heavy (non-hydrogen) atoms. The molecular formula is C15H17BrN2O2. The van der Waals surface area contributed by atoms with E-state index in [0.717, 1.165) is 41.0 Å². The van der Waals surface area contributed by atoms with Gasteiger partial charge in [0.05, 0.1) is 5.57 Å². The Balaban J connectivity index is 1.85. The van der Waals surface area contributed by atoms with Crippen LogP contribution in [0.25, 0.3) is 6.08 Å². The molecule has 1 fully saturated rings. The Labute approximate surface area is 126 Å². The molecule has 2 aliphatic heterocycles. The van der Waals surface area contributed by atoms with Crippen LogP contribution in [0, 0.1) is 0 Å². The summed E-state index contributed by atoms with van der Waals surface area (Å²) < 4.78 is 6.67. The highest BCUT2D eigenvalue weighted by molar-refractivity contribution is 9.10. The maximum atomic E-state index is 12.6. The number of carbonyl (C=O) groups is 1. The van der Waals surface area contributed by atoms with E-state index in [9.17, 15) is 4.79 Å². The number of benzene rings is 1. The van der Waals surface area contributed by atoms with E-state index < -0.39 is 0 Å². The first-order valence-corrected chi connectivity index (χ1v) is 7.59. The first-order valence-electron chi connectivity index (χ1n) is 6.80. The van der Waals surface area contributed by atoms with E-state index in [1.54, 1.807) is 0 Å². The van der Waals surface area contributed by atoms with E-state index in [-0.39, 0.29) is 11.9 Å². The van der Waals surface area contributed by atoms with E-state index >= 15 is 0 Å². The fourth-order valence-electron chi connectivity index (χ4n) is 2.60. The molecule has 1 aromatic carbocycles.